The van der Waals surface area contributed by atoms with E-state index in [0.29, 0.717) is 5.15 Å². The van der Waals surface area contributed by atoms with Gasteiger partial charge in [-0.25, -0.2) is 4.98 Å². The van der Waals surface area contributed by atoms with Gasteiger partial charge in [-0.2, -0.15) is 0 Å². The van der Waals surface area contributed by atoms with Crippen molar-refractivity contribution in [3.8, 4) is 22.5 Å². The van der Waals surface area contributed by atoms with Gasteiger partial charge in [0.1, 0.15) is 5.82 Å². The summed E-state index contributed by atoms with van der Waals surface area (Å²) in [7, 11) is 0. The molecule has 2 heterocycles. The first-order chi connectivity index (χ1) is 12.8. The second-order valence-corrected chi connectivity index (χ2v) is 6.64. The molecule has 124 valence electrons. The van der Waals surface area contributed by atoms with Gasteiger partial charge in [0.05, 0.1) is 11.0 Å². The number of benzene rings is 3. The van der Waals surface area contributed by atoms with Crippen LogP contribution in [0, 0.1) is 0 Å². The van der Waals surface area contributed by atoms with Gasteiger partial charge in [0.2, 0.25) is 0 Å². The van der Waals surface area contributed by atoms with Gasteiger partial charge in [0, 0.05) is 5.56 Å². The van der Waals surface area contributed by atoms with E-state index in [2.05, 4.69) is 76.1 Å². The minimum atomic E-state index is 0.526. The van der Waals surface area contributed by atoms with Crippen molar-refractivity contribution in [2.24, 2.45) is 0 Å². The lowest BCUT2D eigenvalue weighted by molar-refractivity contribution is 1.22. The zero-order chi connectivity index (χ0) is 17.5. The van der Waals surface area contributed by atoms with Crippen molar-refractivity contribution in [3.63, 3.8) is 0 Å². The van der Waals surface area contributed by atoms with E-state index in [1.165, 1.54) is 11.1 Å². The van der Waals surface area contributed by atoms with Crippen LogP contribution in [0.1, 0.15) is 0 Å². The van der Waals surface area contributed by atoms with Crippen LogP contribution in [0.4, 0.5) is 0 Å². The number of pyridine rings is 1. The summed E-state index contributed by atoms with van der Waals surface area (Å²) < 4.78 is 2.13. The van der Waals surface area contributed by atoms with E-state index in [1.54, 1.807) is 0 Å². The Morgan fingerprint density at radius 3 is 2.04 bits per heavy atom. The van der Waals surface area contributed by atoms with Crippen molar-refractivity contribution in [2.75, 3.05) is 0 Å². The van der Waals surface area contributed by atoms with E-state index in [9.17, 15) is 0 Å². The standard InChI is InChI=1S/C23H15ClN2/c24-22-21-15-14-18-8-4-5-9-20(18)26(21)23(25-22)19-12-10-17(11-13-19)16-6-2-1-3-7-16/h1-15H. The number of fused-ring (bicyclic) bond motifs is 3. The van der Waals surface area contributed by atoms with Crippen LogP contribution in [0.15, 0.2) is 91.0 Å². The third-order valence-corrected chi connectivity index (χ3v) is 4.99. The van der Waals surface area contributed by atoms with Gasteiger partial charge in [0.15, 0.2) is 5.15 Å². The monoisotopic (exact) mass is 354 g/mol. The number of hydrogen-bond acceptors (Lipinski definition) is 1. The molecule has 3 aromatic carbocycles. The molecule has 0 unspecified atom stereocenters. The first kappa shape index (κ1) is 15.2. The number of nitrogens with zero attached hydrogens (tertiary/aromatic N) is 2. The molecule has 0 amide bonds. The first-order valence-electron chi connectivity index (χ1n) is 8.53. The van der Waals surface area contributed by atoms with Crippen LogP contribution in [-0.2, 0) is 0 Å². The number of para-hydroxylation sites is 1. The first-order valence-corrected chi connectivity index (χ1v) is 8.91. The normalized spacial score (nSPS) is 11.3. The predicted molar refractivity (Wildman–Crippen MR) is 109 cm³/mol. The SMILES string of the molecule is Clc1nc(-c2ccc(-c3ccccc3)cc2)n2c1ccc1ccccc12. The van der Waals surface area contributed by atoms with Crippen molar-refractivity contribution < 1.29 is 0 Å². The molecule has 0 fully saturated rings. The highest BCUT2D eigenvalue weighted by atomic mass is 35.5. The van der Waals surface area contributed by atoms with Gasteiger partial charge in [-0.05, 0) is 28.6 Å². The fourth-order valence-corrected chi connectivity index (χ4v) is 3.66. The predicted octanol–water partition coefficient (Wildman–Crippen LogP) is 6.47. The van der Waals surface area contributed by atoms with Crippen LogP contribution in [0.2, 0.25) is 5.15 Å². The summed E-state index contributed by atoms with van der Waals surface area (Å²) >= 11 is 6.42. The van der Waals surface area contributed by atoms with Crippen molar-refractivity contribution in [1.29, 1.82) is 0 Å². The molecule has 0 aliphatic carbocycles. The molecule has 0 saturated heterocycles. The zero-order valence-electron chi connectivity index (χ0n) is 13.9. The molecular weight excluding hydrogens is 340 g/mol. The molecule has 2 nitrogen and oxygen atoms in total. The second-order valence-electron chi connectivity index (χ2n) is 6.28. The van der Waals surface area contributed by atoms with Crippen LogP contribution < -0.4 is 0 Å². The number of hydrogen-bond donors (Lipinski definition) is 0. The largest absolute Gasteiger partial charge is 0.291 e. The maximum absolute atomic E-state index is 6.42. The molecule has 0 aliphatic heterocycles. The van der Waals surface area contributed by atoms with Crippen LogP contribution >= 0.6 is 11.6 Å². The van der Waals surface area contributed by atoms with E-state index < -0.39 is 0 Å². The average molecular weight is 355 g/mol. The van der Waals surface area contributed by atoms with Gasteiger partial charge < -0.3 is 0 Å². The molecule has 0 N–H and O–H groups in total. The van der Waals surface area contributed by atoms with Gasteiger partial charge in [-0.1, -0.05) is 90.5 Å². The molecule has 5 aromatic rings. The smallest absolute Gasteiger partial charge is 0.155 e. The Bertz CT molecular complexity index is 1220. The Morgan fingerprint density at radius 1 is 0.577 bits per heavy atom. The lowest BCUT2D eigenvalue weighted by Gasteiger charge is -2.07. The van der Waals surface area contributed by atoms with E-state index >= 15 is 0 Å². The third-order valence-electron chi connectivity index (χ3n) is 4.72. The Balaban J connectivity index is 1.71. The van der Waals surface area contributed by atoms with Gasteiger partial charge in [-0.15, -0.1) is 0 Å². The summed E-state index contributed by atoms with van der Waals surface area (Å²) in [6, 6.07) is 31.2. The Labute approximate surface area is 156 Å². The van der Waals surface area contributed by atoms with Crippen molar-refractivity contribution in [2.45, 2.75) is 0 Å². The molecule has 0 saturated carbocycles. The van der Waals surface area contributed by atoms with Gasteiger partial charge in [0.25, 0.3) is 0 Å². The molecule has 0 atom stereocenters. The van der Waals surface area contributed by atoms with Gasteiger partial charge in [-0.3, -0.25) is 4.40 Å². The molecule has 5 rings (SSSR count). The molecular formula is C23H15ClN2. The van der Waals surface area contributed by atoms with Crippen molar-refractivity contribution >= 4 is 28.0 Å². The average Bonchev–Trinajstić information content (AvgIpc) is 3.06. The fourth-order valence-electron chi connectivity index (χ4n) is 3.43. The highest BCUT2D eigenvalue weighted by Crippen LogP contribution is 2.31. The molecule has 3 heteroatoms. The Morgan fingerprint density at radius 2 is 1.23 bits per heavy atom. The molecule has 0 radical (unpaired) electrons. The second kappa shape index (κ2) is 6.01. The van der Waals surface area contributed by atoms with Crippen molar-refractivity contribution in [3.05, 3.63) is 96.1 Å². The number of imidazole rings is 1. The molecule has 0 bridgehead atoms. The highest BCUT2D eigenvalue weighted by Gasteiger charge is 2.13. The van der Waals surface area contributed by atoms with E-state index in [4.69, 9.17) is 11.6 Å². The minimum Gasteiger partial charge on any atom is -0.291 e. The van der Waals surface area contributed by atoms with Crippen LogP contribution in [0.25, 0.3) is 38.9 Å². The van der Waals surface area contributed by atoms with Crippen molar-refractivity contribution in [1.82, 2.24) is 9.38 Å². The lowest BCUT2D eigenvalue weighted by Crippen LogP contribution is -1.92. The molecule has 26 heavy (non-hydrogen) atoms. The summed E-state index contributed by atoms with van der Waals surface area (Å²) in [6.45, 7) is 0. The van der Waals surface area contributed by atoms with Crippen LogP contribution in [0.3, 0.4) is 0 Å². The third kappa shape index (κ3) is 2.39. The topological polar surface area (TPSA) is 17.3 Å². The van der Waals surface area contributed by atoms with Gasteiger partial charge >= 0.3 is 0 Å². The summed E-state index contributed by atoms with van der Waals surface area (Å²) in [4.78, 5) is 4.64. The van der Waals surface area contributed by atoms with Crippen LogP contribution in [0.5, 0.6) is 0 Å². The summed E-state index contributed by atoms with van der Waals surface area (Å²) in [5.74, 6) is 0.862. The summed E-state index contributed by atoms with van der Waals surface area (Å²) in [5.41, 5.74) is 5.46. The number of halogens is 1. The van der Waals surface area contributed by atoms with E-state index in [0.717, 1.165) is 27.8 Å². The Kier molecular flexibility index (Phi) is 3.51. The fraction of sp³-hybridized carbons (Fsp3) is 0. The lowest BCUT2D eigenvalue weighted by atomic mass is 10.0. The van der Waals surface area contributed by atoms with E-state index in [-0.39, 0.29) is 0 Å². The maximum atomic E-state index is 6.42. The Hall–Kier alpha value is -3.10. The minimum absolute atomic E-state index is 0.526. The molecule has 2 aromatic heterocycles. The van der Waals surface area contributed by atoms with E-state index in [1.807, 2.05) is 24.3 Å². The molecule has 0 spiro atoms. The highest BCUT2D eigenvalue weighted by molar-refractivity contribution is 6.33. The summed E-state index contributed by atoms with van der Waals surface area (Å²) in [6.07, 6.45) is 0. The van der Waals surface area contributed by atoms with Crippen LogP contribution in [-0.4, -0.2) is 9.38 Å². The quantitative estimate of drug-likeness (QED) is 0.355. The molecule has 0 aliphatic rings. The summed E-state index contributed by atoms with van der Waals surface area (Å²) in [5, 5.41) is 1.69. The zero-order valence-corrected chi connectivity index (χ0v) is 14.7. The number of rotatable bonds is 2. The maximum Gasteiger partial charge on any atom is 0.155 e. The number of aromatic nitrogens is 2.